The van der Waals surface area contributed by atoms with Crippen LogP contribution in [0.5, 0.6) is 5.75 Å². The van der Waals surface area contributed by atoms with E-state index in [1.807, 2.05) is 12.1 Å². The van der Waals surface area contributed by atoms with Crippen LogP contribution in [0, 0.1) is 11.2 Å². The summed E-state index contributed by atoms with van der Waals surface area (Å²) in [5.74, 6) is 0.819. The lowest BCUT2D eigenvalue weighted by molar-refractivity contribution is -0.122. The average Bonchev–Trinajstić information content (AvgIpc) is 2.17. The highest BCUT2D eigenvalue weighted by Gasteiger charge is 2.67. The third-order valence-electron chi connectivity index (χ3n) is 4.19. The Morgan fingerprint density at radius 2 is 2.06 bits per heavy atom. The number of ether oxygens (including phenoxy) is 1. The molecule has 4 rings (SSSR count). The van der Waals surface area contributed by atoms with E-state index >= 15 is 0 Å². The summed E-state index contributed by atoms with van der Waals surface area (Å²) in [4.78, 5) is 0. The number of methoxy groups -OCH3 is 1. The summed E-state index contributed by atoms with van der Waals surface area (Å²) in [6.07, 6.45) is 3.45. The minimum atomic E-state index is -0.287. The number of hydrogen-bond donors (Lipinski definition) is 0. The van der Waals surface area contributed by atoms with Crippen LogP contribution in [0.3, 0.4) is 0 Å². The predicted octanol–water partition coefficient (Wildman–Crippen LogP) is 3.49. The zero-order chi connectivity index (χ0) is 11.4. The molecule has 0 aromatic heterocycles. The zero-order valence-corrected chi connectivity index (χ0v) is 9.98. The SMILES string of the molecule is COc1cc(C23CC(CCl)(C2)C3)ccc1F. The van der Waals surface area contributed by atoms with Gasteiger partial charge in [0.2, 0.25) is 0 Å². The maximum atomic E-state index is 13.3. The first-order valence-electron chi connectivity index (χ1n) is 5.53. The van der Waals surface area contributed by atoms with Gasteiger partial charge in [-0.05, 0) is 47.8 Å². The largest absolute Gasteiger partial charge is 0.494 e. The van der Waals surface area contributed by atoms with Crippen molar-refractivity contribution in [1.82, 2.24) is 0 Å². The summed E-state index contributed by atoms with van der Waals surface area (Å²) < 4.78 is 18.3. The van der Waals surface area contributed by atoms with Crippen LogP contribution in [0.25, 0.3) is 0 Å². The summed E-state index contributed by atoms with van der Waals surface area (Å²) >= 11 is 5.93. The van der Waals surface area contributed by atoms with Gasteiger partial charge in [0.25, 0.3) is 0 Å². The van der Waals surface area contributed by atoms with Crippen molar-refractivity contribution in [2.24, 2.45) is 5.41 Å². The van der Waals surface area contributed by atoms with Crippen molar-refractivity contribution in [2.75, 3.05) is 13.0 Å². The molecule has 3 saturated carbocycles. The van der Waals surface area contributed by atoms with Crippen molar-refractivity contribution in [3.05, 3.63) is 29.6 Å². The fourth-order valence-corrected chi connectivity index (χ4v) is 3.72. The summed E-state index contributed by atoms with van der Waals surface area (Å²) in [5.41, 5.74) is 1.87. The summed E-state index contributed by atoms with van der Waals surface area (Å²) in [6.45, 7) is 0. The number of benzene rings is 1. The Kier molecular flexibility index (Phi) is 2.03. The molecule has 0 atom stereocenters. The van der Waals surface area contributed by atoms with Crippen molar-refractivity contribution in [1.29, 1.82) is 0 Å². The van der Waals surface area contributed by atoms with Gasteiger partial charge in [0.1, 0.15) is 0 Å². The second-order valence-electron chi connectivity index (χ2n) is 5.29. The number of halogens is 2. The molecule has 0 N–H and O–H groups in total. The first-order valence-corrected chi connectivity index (χ1v) is 6.07. The summed E-state index contributed by atoms with van der Waals surface area (Å²) in [5, 5.41) is 0. The molecule has 0 unspecified atom stereocenters. The molecule has 0 amide bonds. The standard InChI is InChI=1S/C13H14ClFO/c1-16-11-4-9(2-3-10(11)15)13-5-12(6-13,7-13)8-14/h2-4H,5-8H2,1H3. The molecule has 3 fully saturated rings. The Labute approximate surface area is 99.6 Å². The molecule has 16 heavy (non-hydrogen) atoms. The van der Waals surface area contributed by atoms with Gasteiger partial charge in [-0.2, -0.15) is 0 Å². The van der Waals surface area contributed by atoms with E-state index in [4.69, 9.17) is 16.3 Å². The van der Waals surface area contributed by atoms with Crippen LogP contribution >= 0.6 is 11.6 Å². The Balaban J connectivity index is 1.87. The smallest absolute Gasteiger partial charge is 0.165 e. The summed E-state index contributed by atoms with van der Waals surface area (Å²) in [7, 11) is 1.50. The van der Waals surface area contributed by atoms with Gasteiger partial charge in [-0.15, -0.1) is 11.6 Å². The fourth-order valence-electron chi connectivity index (χ4n) is 3.44. The maximum Gasteiger partial charge on any atom is 0.165 e. The zero-order valence-electron chi connectivity index (χ0n) is 9.22. The molecular weight excluding hydrogens is 227 g/mol. The number of rotatable bonds is 3. The highest BCUT2D eigenvalue weighted by atomic mass is 35.5. The van der Waals surface area contributed by atoms with Crippen LogP contribution in [0.2, 0.25) is 0 Å². The van der Waals surface area contributed by atoms with Gasteiger partial charge in [-0.25, -0.2) is 4.39 Å². The molecule has 3 heteroatoms. The Hall–Kier alpha value is -0.760. The topological polar surface area (TPSA) is 9.23 Å². The Bertz CT molecular complexity index is 424. The summed E-state index contributed by atoms with van der Waals surface area (Å²) in [6, 6.07) is 5.23. The van der Waals surface area contributed by atoms with Crippen LogP contribution in [0.4, 0.5) is 4.39 Å². The molecule has 3 aliphatic carbocycles. The molecule has 3 aliphatic rings. The van der Waals surface area contributed by atoms with E-state index in [0.29, 0.717) is 11.2 Å². The van der Waals surface area contributed by atoms with E-state index in [2.05, 4.69) is 0 Å². The molecular formula is C13H14ClFO. The predicted molar refractivity (Wildman–Crippen MR) is 61.6 cm³/mol. The minimum absolute atomic E-state index is 0.274. The monoisotopic (exact) mass is 240 g/mol. The molecule has 86 valence electrons. The Morgan fingerprint density at radius 3 is 2.62 bits per heavy atom. The quantitative estimate of drug-likeness (QED) is 0.735. The van der Waals surface area contributed by atoms with Crippen molar-refractivity contribution in [2.45, 2.75) is 24.7 Å². The highest BCUT2D eigenvalue weighted by Crippen LogP contribution is 2.74. The van der Waals surface area contributed by atoms with Crippen LogP contribution in [0.1, 0.15) is 24.8 Å². The van der Waals surface area contributed by atoms with Crippen LogP contribution in [0.15, 0.2) is 18.2 Å². The van der Waals surface area contributed by atoms with Gasteiger partial charge in [0.05, 0.1) is 7.11 Å². The third kappa shape index (κ3) is 1.17. The van der Waals surface area contributed by atoms with Gasteiger partial charge < -0.3 is 4.74 Å². The normalized spacial score (nSPS) is 35.2. The third-order valence-corrected chi connectivity index (χ3v) is 4.75. The maximum absolute atomic E-state index is 13.3. The van der Waals surface area contributed by atoms with Gasteiger partial charge in [0.15, 0.2) is 11.6 Å². The molecule has 2 bridgehead atoms. The first-order chi connectivity index (χ1) is 7.63. The van der Waals surface area contributed by atoms with Crippen LogP contribution in [-0.2, 0) is 5.41 Å². The second kappa shape index (κ2) is 3.13. The van der Waals surface area contributed by atoms with E-state index in [0.717, 1.165) is 25.1 Å². The lowest BCUT2D eigenvalue weighted by Crippen LogP contribution is -2.65. The Morgan fingerprint density at radius 1 is 1.38 bits per heavy atom. The van der Waals surface area contributed by atoms with Crippen molar-refractivity contribution in [3.8, 4) is 5.75 Å². The molecule has 0 aliphatic heterocycles. The minimum Gasteiger partial charge on any atom is -0.494 e. The lowest BCUT2D eigenvalue weighted by atomic mass is 9.34. The molecule has 0 radical (unpaired) electrons. The first kappa shape index (κ1) is 10.4. The second-order valence-corrected chi connectivity index (χ2v) is 5.56. The van der Waals surface area contributed by atoms with E-state index < -0.39 is 0 Å². The van der Waals surface area contributed by atoms with E-state index in [1.54, 1.807) is 0 Å². The van der Waals surface area contributed by atoms with Crippen molar-refractivity contribution in [3.63, 3.8) is 0 Å². The van der Waals surface area contributed by atoms with Gasteiger partial charge >= 0.3 is 0 Å². The molecule has 1 nitrogen and oxygen atoms in total. The van der Waals surface area contributed by atoms with E-state index in [9.17, 15) is 4.39 Å². The van der Waals surface area contributed by atoms with Crippen molar-refractivity contribution < 1.29 is 9.13 Å². The van der Waals surface area contributed by atoms with E-state index in [1.165, 1.54) is 18.7 Å². The van der Waals surface area contributed by atoms with Crippen molar-refractivity contribution >= 4 is 11.6 Å². The van der Waals surface area contributed by atoms with Gasteiger partial charge in [-0.1, -0.05) is 6.07 Å². The molecule has 1 aromatic rings. The fraction of sp³-hybridized carbons (Fsp3) is 0.538. The average molecular weight is 241 g/mol. The highest BCUT2D eigenvalue weighted by molar-refractivity contribution is 6.18. The number of alkyl halides is 1. The number of hydrogen-bond acceptors (Lipinski definition) is 1. The molecule has 0 heterocycles. The van der Waals surface area contributed by atoms with Gasteiger partial charge in [0, 0.05) is 5.88 Å². The van der Waals surface area contributed by atoms with Gasteiger partial charge in [-0.3, -0.25) is 0 Å². The molecule has 1 aromatic carbocycles. The van der Waals surface area contributed by atoms with Crippen LogP contribution < -0.4 is 4.74 Å². The van der Waals surface area contributed by atoms with Crippen LogP contribution in [-0.4, -0.2) is 13.0 Å². The lowest BCUT2D eigenvalue weighted by Gasteiger charge is -2.70. The molecule has 0 saturated heterocycles. The van der Waals surface area contributed by atoms with E-state index in [-0.39, 0.29) is 11.2 Å². The molecule has 0 spiro atoms.